The van der Waals surface area contributed by atoms with Crippen molar-refractivity contribution in [3.63, 3.8) is 0 Å². The van der Waals surface area contributed by atoms with Crippen LogP contribution in [0.1, 0.15) is 6.42 Å². The first-order chi connectivity index (χ1) is 4.74. The second-order valence-corrected chi connectivity index (χ2v) is 3.48. The van der Waals surface area contributed by atoms with Gasteiger partial charge in [0, 0.05) is 19.0 Å². The van der Waals surface area contributed by atoms with E-state index in [2.05, 4.69) is 4.90 Å². The van der Waals surface area contributed by atoms with Crippen LogP contribution in [0, 0.1) is 5.92 Å². The minimum absolute atomic E-state index is 0.0752. The molecule has 0 radical (unpaired) electrons. The number of piperidine rings is 1. The molecule has 0 spiro atoms. The van der Waals surface area contributed by atoms with E-state index in [4.69, 9.17) is 5.11 Å². The Kier molecular flexibility index (Phi) is 1.27. The third kappa shape index (κ3) is 0.713. The van der Waals surface area contributed by atoms with Crippen molar-refractivity contribution in [1.29, 1.82) is 0 Å². The molecule has 2 rings (SSSR count). The van der Waals surface area contributed by atoms with Crippen molar-refractivity contribution in [2.75, 3.05) is 26.2 Å². The van der Waals surface area contributed by atoms with Gasteiger partial charge in [-0.25, -0.2) is 0 Å². The molecule has 2 saturated heterocycles. The summed E-state index contributed by atoms with van der Waals surface area (Å²) in [5.74, 6) is 0.331. The second kappa shape index (κ2) is 1.94. The number of aliphatic hydroxyl groups excluding tert-OH is 1. The minimum Gasteiger partial charge on any atom is -0.393 e. The highest BCUT2D eigenvalue weighted by atomic mass is 16.3. The van der Waals surface area contributed by atoms with Crippen LogP contribution in [0.3, 0.4) is 0 Å². The zero-order valence-electron chi connectivity index (χ0n) is 5.95. The van der Waals surface area contributed by atoms with E-state index in [-0.39, 0.29) is 6.61 Å². The molecule has 2 N–H and O–H groups in total. The molecule has 0 saturated carbocycles. The summed E-state index contributed by atoms with van der Waals surface area (Å²) in [6.07, 6.45) is 1.05. The van der Waals surface area contributed by atoms with E-state index in [1.165, 1.54) is 0 Å². The first-order valence-electron chi connectivity index (χ1n) is 3.80. The second-order valence-electron chi connectivity index (χ2n) is 3.48. The van der Waals surface area contributed by atoms with Gasteiger partial charge in [-0.15, -0.1) is 0 Å². The van der Waals surface area contributed by atoms with Crippen molar-refractivity contribution >= 4 is 0 Å². The van der Waals surface area contributed by atoms with Crippen molar-refractivity contribution in [2.45, 2.75) is 12.0 Å². The van der Waals surface area contributed by atoms with E-state index in [0.29, 0.717) is 12.5 Å². The van der Waals surface area contributed by atoms with Crippen LogP contribution in [0.15, 0.2) is 0 Å². The number of aliphatic hydroxyl groups is 2. The number of rotatable bonds is 1. The molecular weight excluding hydrogens is 130 g/mol. The summed E-state index contributed by atoms with van der Waals surface area (Å²) in [7, 11) is 0. The van der Waals surface area contributed by atoms with E-state index in [9.17, 15) is 5.11 Å². The summed E-state index contributed by atoms with van der Waals surface area (Å²) < 4.78 is 0. The van der Waals surface area contributed by atoms with Crippen molar-refractivity contribution in [3.05, 3.63) is 0 Å². The predicted molar refractivity (Wildman–Crippen MR) is 36.6 cm³/mol. The lowest BCUT2D eigenvalue weighted by Crippen LogP contribution is -2.45. The topological polar surface area (TPSA) is 43.7 Å². The lowest BCUT2D eigenvalue weighted by Gasteiger charge is -2.29. The molecule has 58 valence electrons. The minimum atomic E-state index is -0.766. The van der Waals surface area contributed by atoms with Crippen LogP contribution in [0.4, 0.5) is 0 Å². The van der Waals surface area contributed by atoms with Gasteiger partial charge in [0.2, 0.25) is 0 Å². The molecule has 0 amide bonds. The van der Waals surface area contributed by atoms with Crippen molar-refractivity contribution in [1.82, 2.24) is 4.90 Å². The van der Waals surface area contributed by atoms with Gasteiger partial charge >= 0.3 is 0 Å². The van der Waals surface area contributed by atoms with Gasteiger partial charge in [-0.3, -0.25) is 4.90 Å². The number of fused-ring (bicyclic) bond motifs is 2. The maximum Gasteiger partial charge on any atom is 0.104 e. The molecule has 2 aliphatic heterocycles. The standard InChI is InChI=1S/C7H13NO2/c9-5-7(10)4-8-2-1-6(7)3-8/h6,9-10H,1-5H2/t6-,7-/m1/s1. The first kappa shape index (κ1) is 6.58. The fourth-order valence-electron chi connectivity index (χ4n) is 2.11. The predicted octanol–water partition coefficient (Wildman–Crippen LogP) is -0.955. The molecule has 3 nitrogen and oxygen atoms in total. The highest BCUT2D eigenvalue weighted by Gasteiger charge is 2.48. The normalized spacial score (nSPS) is 52.2. The van der Waals surface area contributed by atoms with Crippen LogP contribution in [-0.4, -0.2) is 47.0 Å². The van der Waals surface area contributed by atoms with Gasteiger partial charge in [-0.2, -0.15) is 0 Å². The molecule has 0 aromatic rings. The van der Waals surface area contributed by atoms with E-state index in [0.717, 1.165) is 19.5 Å². The molecule has 2 bridgehead atoms. The largest absolute Gasteiger partial charge is 0.393 e. The molecule has 2 heterocycles. The Morgan fingerprint density at radius 2 is 2.40 bits per heavy atom. The van der Waals surface area contributed by atoms with Gasteiger partial charge in [0.25, 0.3) is 0 Å². The Bertz CT molecular complexity index is 151. The van der Waals surface area contributed by atoms with Gasteiger partial charge in [0.05, 0.1) is 6.61 Å². The molecular formula is C7H13NO2. The quantitative estimate of drug-likeness (QED) is 0.497. The van der Waals surface area contributed by atoms with Gasteiger partial charge < -0.3 is 10.2 Å². The molecule has 3 atom stereocenters. The van der Waals surface area contributed by atoms with Crippen LogP contribution < -0.4 is 0 Å². The maximum atomic E-state index is 9.70. The molecule has 2 aliphatic rings. The highest BCUT2D eigenvalue weighted by molar-refractivity contribution is 5.01. The highest BCUT2D eigenvalue weighted by Crippen LogP contribution is 2.35. The zero-order valence-corrected chi connectivity index (χ0v) is 5.95. The summed E-state index contributed by atoms with van der Waals surface area (Å²) in [4.78, 5) is 2.21. The van der Waals surface area contributed by atoms with Crippen LogP contribution in [0.5, 0.6) is 0 Å². The summed E-state index contributed by atoms with van der Waals surface area (Å²) in [5, 5.41) is 18.6. The van der Waals surface area contributed by atoms with Gasteiger partial charge in [0.1, 0.15) is 5.60 Å². The smallest absolute Gasteiger partial charge is 0.104 e. The van der Waals surface area contributed by atoms with Crippen molar-refractivity contribution in [2.24, 2.45) is 5.92 Å². The molecule has 1 unspecified atom stereocenters. The van der Waals surface area contributed by atoms with Crippen LogP contribution in [0.25, 0.3) is 0 Å². The van der Waals surface area contributed by atoms with Crippen molar-refractivity contribution < 1.29 is 10.2 Å². The molecule has 0 aliphatic carbocycles. The number of hydrogen-bond donors (Lipinski definition) is 2. The van der Waals surface area contributed by atoms with Gasteiger partial charge in [-0.1, -0.05) is 0 Å². The summed E-state index contributed by atoms with van der Waals surface area (Å²) in [5.41, 5.74) is -0.766. The molecule has 0 aromatic heterocycles. The SMILES string of the molecule is OC[C@]1(O)CN2CC[C@@H]1C2. The van der Waals surface area contributed by atoms with E-state index < -0.39 is 5.60 Å². The fourth-order valence-corrected chi connectivity index (χ4v) is 2.11. The molecule has 0 aromatic carbocycles. The molecule has 3 heteroatoms. The van der Waals surface area contributed by atoms with Crippen LogP contribution in [-0.2, 0) is 0 Å². The molecule has 2 fully saturated rings. The Balaban J connectivity index is 2.14. The summed E-state index contributed by atoms with van der Waals surface area (Å²) in [6, 6.07) is 0. The Morgan fingerprint density at radius 1 is 1.60 bits per heavy atom. The Morgan fingerprint density at radius 3 is 2.70 bits per heavy atom. The fraction of sp³-hybridized carbons (Fsp3) is 1.00. The zero-order chi connectivity index (χ0) is 7.19. The van der Waals surface area contributed by atoms with E-state index in [1.54, 1.807) is 0 Å². The third-order valence-corrected chi connectivity index (χ3v) is 2.80. The van der Waals surface area contributed by atoms with E-state index in [1.807, 2.05) is 0 Å². The van der Waals surface area contributed by atoms with E-state index >= 15 is 0 Å². The summed E-state index contributed by atoms with van der Waals surface area (Å²) >= 11 is 0. The summed E-state index contributed by atoms with van der Waals surface area (Å²) in [6.45, 7) is 2.69. The first-order valence-corrected chi connectivity index (χ1v) is 3.80. The monoisotopic (exact) mass is 143 g/mol. The van der Waals surface area contributed by atoms with Gasteiger partial charge in [-0.05, 0) is 13.0 Å². The Hall–Kier alpha value is -0.120. The third-order valence-electron chi connectivity index (χ3n) is 2.80. The number of nitrogens with zero attached hydrogens (tertiary/aromatic N) is 1. The number of hydrogen-bond acceptors (Lipinski definition) is 3. The lowest BCUT2D eigenvalue weighted by molar-refractivity contribution is -0.0490. The lowest BCUT2D eigenvalue weighted by atomic mass is 9.89. The van der Waals surface area contributed by atoms with Crippen LogP contribution in [0.2, 0.25) is 0 Å². The van der Waals surface area contributed by atoms with Gasteiger partial charge in [0.15, 0.2) is 0 Å². The van der Waals surface area contributed by atoms with Crippen LogP contribution >= 0.6 is 0 Å². The molecule has 10 heavy (non-hydrogen) atoms. The van der Waals surface area contributed by atoms with Crippen molar-refractivity contribution in [3.8, 4) is 0 Å². The average molecular weight is 143 g/mol. The maximum absolute atomic E-state index is 9.70. The average Bonchev–Trinajstić information content (AvgIpc) is 2.46. The Labute approximate surface area is 60.3 Å².